The van der Waals surface area contributed by atoms with E-state index in [4.69, 9.17) is 11.8 Å². The van der Waals surface area contributed by atoms with Gasteiger partial charge in [0.2, 0.25) is 0 Å². The van der Waals surface area contributed by atoms with Gasteiger partial charge in [0.1, 0.15) is 0 Å². The molecule has 5 heteroatoms. The van der Waals surface area contributed by atoms with Gasteiger partial charge in [-0.1, -0.05) is 22.8 Å². The molecule has 0 fully saturated rings. The van der Waals surface area contributed by atoms with Crippen LogP contribution in [0.1, 0.15) is 0 Å². The van der Waals surface area contributed by atoms with Gasteiger partial charge in [0.15, 0.2) is 0 Å². The van der Waals surface area contributed by atoms with Gasteiger partial charge in [-0.2, -0.15) is 10.2 Å². The summed E-state index contributed by atoms with van der Waals surface area (Å²) in [5.74, 6) is 0. The minimum absolute atomic E-state index is 0.679. The lowest BCUT2D eigenvalue weighted by Crippen LogP contribution is -1.65. The maximum absolute atomic E-state index is 5.13. The number of benzene rings is 2. The van der Waals surface area contributed by atoms with Crippen LogP contribution >= 0.6 is 11.8 Å². The van der Waals surface area contributed by atoms with Crippen molar-refractivity contribution in [3.05, 3.63) is 54.6 Å². The summed E-state index contributed by atoms with van der Waals surface area (Å²) in [5, 5.41) is 11.9. The monoisotopic (exact) mass is 244 g/mol. The third-order valence-electron chi connectivity index (χ3n) is 2.04. The van der Waals surface area contributed by atoms with Crippen molar-refractivity contribution in [2.45, 2.75) is 0 Å². The maximum atomic E-state index is 5.13. The van der Waals surface area contributed by atoms with Crippen LogP contribution in [-0.2, 0) is 0 Å². The molecule has 4 nitrogen and oxygen atoms in total. The van der Waals surface area contributed by atoms with E-state index in [0.717, 1.165) is 11.4 Å². The van der Waals surface area contributed by atoms with Crippen molar-refractivity contribution in [3.63, 3.8) is 0 Å². The van der Waals surface area contributed by atoms with Crippen molar-refractivity contribution in [2.24, 2.45) is 20.0 Å². The minimum atomic E-state index is 0.679. The third kappa shape index (κ3) is 3.46. The van der Waals surface area contributed by atoms with E-state index >= 15 is 0 Å². The van der Waals surface area contributed by atoms with Crippen molar-refractivity contribution in [1.82, 2.24) is 0 Å². The zero-order valence-corrected chi connectivity index (χ0v) is 9.62. The molecule has 2 aromatic carbocycles. The van der Waals surface area contributed by atoms with Crippen molar-refractivity contribution in [1.29, 1.82) is 0 Å². The van der Waals surface area contributed by atoms with E-state index in [0.29, 0.717) is 5.69 Å². The van der Waals surface area contributed by atoms with Crippen molar-refractivity contribution in [2.75, 3.05) is 0 Å². The fraction of sp³-hybridized carbons (Fsp3) is 0. The first-order valence-electron chi connectivity index (χ1n) is 4.97. The standard InChI is InChI=1S/C12H9ClN4/c13-17-16-12-8-6-11(7-9-12)15-14-10-4-2-1-3-5-10/h1-9H. The molecule has 0 saturated heterocycles. The van der Waals surface area contributed by atoms with Crippen LogP contribution in [0.5, 0.6) is 0 Å². The summed E-state index contributed by atoms with van der Waals surface area (Å²) >= 11 is 5.13. The number of azo groups is 1. The first-order chi connectivity index (χ1) is 8.38. The predicted octanol–water partition coefficient (Wildman–Crippen LogP) is 5.34. The van der Waals surface area contributed by atoms with Crippen LogP contribution in [0.2, 0.25) is 0 Å². The van der Waals surface area contributed by atoms with Gasteiger partial charge in [-0.15, -0.1) is 5.11 Å². The highest BCUT2D eigenvalue weighted by Crippen LogP contribution is 2.21. The Morgan fingerprint density at radius 3 is 1.59 bits per heavy atom. The second-order valence-electron chi connectivity index (χ2n) is 3.23. The van der Waals surface area contributed by atoms with Crippen LogP contribution < -0.4 is 0 Å². The summed E-state index contributed by atoms with van der Waals surface area (Å²) in [6, 6.07) is 16.7. The molecule has 0 amide bonds. The van der Waals surface area contributed by atoms with Gasteiger partial charge in [0, 0.05) is 0 Å². The summed E-state index contributed by atoms with van der Waals surface area (Å²) in [6.07, 6.45) is 0. The highest BCUT2D eigenvalue weighted by Gasteiger charge is 1.91. The van der Waals surface area contributed by atoms with Gasteiger partial charge in [0.25, 0.3) is 0 Å². The number of halogens is 1. The number of hydrogen-bond acceptors (Lipinski definition) is 4. The molecule has 0 heterocycles. The molecule has 0 aromatic heterocycles. The van der Waals surface area contributed by atoms with Gasteiger partial charge in [0.05, 0.1) is 28.8 Å². The lowest BCUT2D eigenvalue weighted by atomic mass is 10.3. The highest BCUT2D eigenvalue weighted by molar-refractivity contribution is 6.14. The first kappa shape index (κ1) is 11.4. The van der Waals surface area contributed by atoms with Crippen molar-refractivity contribution >= 4 is 28.8 Å². The van der Waals surface area contributed by atoms with Crippen LogP contribution in [0.3, 0.4) is 0 Å². The molecule has 0 N–H and O–H groups in total. The molecule has 17 heavy (non-hydrogen) atoms. The number of hydrogen-bond donors (Lipinski definition) is 0. The predicted molar refractivity (Wildman–Crippen MR) is 67.4 cm³/mol. The molecule has 0 spiro atoms. The topological polar surface area (TPSA) is 49.4 Å². The molecule has 0 aliphatic heterocycles. The Hall–Kier alpha value is -2.07. The molecule has 0 atom stereocenters. The van der Waals surface area contributed by atoms with Crippen molar-refractivity contribution < 1.29 is 0 Å². The largest absolute Gasteiger partial charge is 0.151 e. The molecule has 0 saturated carbocycles. The molecular weight excluding hydrogens is 236 g/mol. The molecule has 84 valence electrons. The quantitative estimate of drug-likeness (QED) is 0.655. The number of nitrogens with zero attached hydrogens (tertiary/aromatic N) is 4. The Labute approximate surface area is 104 Å². The van der Waals surface area contributed by atoms with Crippen LogP contribution in [0.4, 0.5) is 17.1 Å². The van der Waals surface area contributed by atoms with E-state index in [-0.39, 0.29) is 0 Å². The zero-order chi connectivity index (χ0) is 11.9. The van der Waals surface area contributed by atoms with E-state index in [9.17, 15) is 0 Å². The normalized spacial score (nSPS) is 11.4. The molecule has 0 aliphatic rings. The second kappa shape index (κ2) is 5.86. The summed E-state index contributed by atoms with van der Waals surface area (Å²) in [5.41, 5.74) is 2.25. The first-order valence-corrected chi connectivity index (χ1v) is 5.31. The third-order valence-corrected chi connectivity index (χ3v) is 2.12. The average Bonchev–Trinajstić information content (AvgIpc) is 2.40. The van der Waals surface area contributed by atoms with Gasteiger partial charge in [-0.05, 0) is 36.4 Å². The lowest BCUT2D eigenvalue weighted by molar-refractivity contribution is 1.23. The average molecular weight is 245 g/mol. The smallest absolute Gasteiger partial charge is 0.0869 e. The summed E-state index contributed by atoms with van der Waals surface area (Å²) < 4.78 is 3.17. The molecule has 0 unspecified atom stereocenters. The minimum Gasteiger partial charge on any atom is -0.151 e. The fourth-order valence-corrected chi connectivity index (χ4v) is 1.33. The van der Waals surface area contributed by atoms with Crippen LogP contribution in [0, 0.1) is 0 Å². The van der Waals surface area contributed by atoms with E-state index in [2.05, 4.69) is 20.0 Å². The Kier molecular flexibility index (Phi) is 3.94. The molecule has 0 bridgehead atoms. The highest BCUT2D eigenvalue weighted by atomic mass is 35.5. The van der Waals surface area contributed by atoms with Gasteiger partial charge >= 0.3 is 0 Å². The molecule has 2 aromatic rings. The van der Waals surface area contributed by atoms with E-state index in [1.807, 2.05) is 30.3 Å². The Balaban J connectivity index is 2.11. The van der Waals surface area contributed by atoms with E-state index in [1.54, 1.807) is 24.3 Å². The molecule has 2 rings (SSSR count). The Bertz CT molecular complexity index is 520. The fourth-order valence-electron chi connectivity index (χ4n) is 1.24. The summed E-state index contributed by atoms with van der Waals surface area (Å²) in [7, 11) is 0. The Morgan fingerprint density at radius 1 is 0.588 bits per heavy atom. The maximum Gasteiger partial charge on any atom is 0.0869 e. The van der Waals surface area contributed by atoms with Crippen molar-refractivity contribution in [3.8, 4) is 0 Å². The summed E-state index contributed by atoms with van der Waals surface area (Å²) in [6.45, 7) is 0. The SMILES string of the molecule is ClN=Nc1ccc(N=Nc2ccccc2)cc1. The summed E-state index contributed by atoms with van der Waals surface area (Å²) in [4.78, 5) is 0. The number of rotatable bonds is 3. The van der Waals surface area contributed by atoms with Gasteiger partial charge in [-0.25, -0.2) is 0 Å². The second-order valence-corrected chi connectivity index (χ2v) is 3.38. The van der Waals surface area contributed by atoms with Crippen LogP contribution in [0.25, 0.3) is 0 Å². The molecule has 0 radical (unpaired) electrons. The van der Waals surface area contributed by atoms with E-state index in [1.165, 1.54) is 0 Å². The zero-order valence-electron chi connectivity index (χ0n) is 8.86. The van der Waals surface area contributed by atoms with Gasteiger partial charge in [-0.3, -0.25) is 0 Å². The lowest BCUT2D eigenvalue weighted by Gasteiger charge is -1.93. The Morgan fingerprint density at radius 2 is 1.06 bits per heavy atom. The van der Waals surface area contributed by atoms with Gasteiger partial charge < -0.3 is 0 Å². The van der Waals surface area contributed by atoms with E-state index < -0.39 is 0 Å². The molecule has 0 aliphatic carbocycles. The van der Waals surface area contributed by atoms with Crippen LogP contribution in [-0.4, -0.2) is 0 Å². The molecular formula is C12H9ClN4. The van der Waals surface area contributed by atoms with Crippen LogP contribution in [0.15, 0.2) is 74.6 Å².